The van der Waals surface area contributed by atoms with E-state index in [4.69, 9.17) is 14.2 Å². The summed E-state index contributed by atoms with van der Waals surface area (Å²) < 4.78 is 16.3. The summed E-state index contributed by atoms with van der Waals surface area (Å²) in [5.41, 5.74) is 0.892. The number of methoxy groups -OCH3 is 1. The summed E-state index contributed by atoms with van der Waals surface area (Å²) in [4.78, 5) is 8.71. The van der Waals surface area contributed by atoms with Gasteiger partial charge in [-0.3, -0.25) is 0 Å². The van der Waals surface area contributed by atoms with Crippen molar-refractivity contribution in [3.8, 4) is 17.2 Å². The third-order valence-corrected chi connectivity index (χ3v) is 3.81. The molecular formula is C21H24N4O3. The van der Waals surface area contributed by atoms with Crippen LogP contribution in [-0.2, 0) is 0 Å². The second kappa shape index (κ2) is 10.0. The van der Waals surface area contributed by atoms with Crippen LogP contribution in [0.1, 0.15) is 6.92 Å². The van der Waals surface area contributed by atoms with Gasteiger partial charge in [-0.1, -0.05) is 0 Å². The molecule has 2 N–H and O–H groups in total. The van der Waals surface area contributed by atoms with Gasteiger partial charge in [0.2, 0.25) is 5.95 Å². The summed E-state index contributed by atoms with van der Waals surface area (Å²) >= 11 is 0. The van der Waals surface area contributed by atoms with Crippen molar-refractivity contribution in [2.75, 3.05) is 37.5 Å². The number of hydrogen-bond acceptors (Lipinski definition) is 7. The fraction of sp³-hybridized carbons (Fsp3) is 0.238. The molecule has 3 rings (SSSR count). The van der Waals surface area contributed by atoms with Crippen LogP contribution in [0.4, 0.5) is 17.5 Å². The van der Waals surface area contributed by atoms with Gasteiger partial charge < -0.3 is 24.8 Å². The van der Waals surface area contributed by atoms with E-state index in [2.05, 4.69) is 20.6 Å². The first kappa shape index (κ1) is 19.3. The summed E-state index contributed by atoms with van der Waals surface area (Å²) in [5.74, 6) is 3.68. The highest BCUT2D eigenvalue weighted by atomic mass is 16.5. The Morgan fingerprint density at radius 3 is 2.25 bits per heavy atom. The highest BCUT2D eigenvalue weighted by Crippen LogP contribution is 2.19. The zero-order valence-electron chi connectivity index (χ0n) is 16.0. The Labute approximate surface area is 164 Å². The summed E-state index contributed by atoms with van der Waals surface area (Å²) in [6.07, 6.45) is 1.70. The Morgan fingerprint density at radius 2 is 1.54 bits per heavy atom. The Kier molecular flexibility index (Phi) is 6.89. The molecule has 0 bridgehead atoms. The quantitative estimate of drug-likeness (QED) is 0.512. The number of nitrogens with zero attached hydrogens (tertiary/aromatic N) is 2. The van der Waals surface area contributed by atoms with Crippen LogP contribution in [0.5, 0.6) is 17.2 Å². The molecule has 1 heterocycles. The molecular weight excluding hydrogens is 356 g/mol. The van der Waals surface area contributed by atoms with Gasteiger partial charge in [0.15, 0.2) is 0 Å². The molecule has 0 fully saturated rings. The first-order chi connectivity index (χ1) is 13.8. The Morgan fingerprint density at radius 1 is 0.857 bits per heavy atom. The predicted octanol–water partition coefficient (Wildman–Crippen LogP) is 4.12. The largest absolute Gasteiger partial charge is 0.497 e. The topological polar surface area (TPSA) is 77.5 Å². The fourth-order valence-corrected chi connectivity index (χ4v) is 2.47. The number of nitrogens with one attached hydrogen (secondary N) is 2. The minimum atomic E-state index is 0.512. The highest BCUT2D eigenvalue weighted by Gasteiger charge is 2.01. The normalized spacial score (nSPS) is 10.2. The first-order valence-electron chi connectivity index (χ1n) is 9.10. The van der Waals surface area contributed by atoms with Crippen molar-refractivity contribution in [3.05, 3.63) is 60.8 Å². The van der Waals surface area contributed by atoms with Crippen LogP contribution in [-0.4, -0.2) is 36.8 Å². The monoisotopic (exact) mass is 380 g/mol. The lowest BCUT2D eigenvalue weighted by Crippen LogP contribution is -2.13. The van der Waals surface area contributed by atoms with Crippen LogP contribution in [0, 0.1) is 0 Å². The summed E-state index contributed by atoms with van der Waals surface area (Å²) in [5, 5.41) is 6.41. The summed E-state index contributed by atoms with van der Waals surface area (Å²) in [6, 6.07) is 17.0. The van der Waals surface area contributed by atoms with Crippen LogP contribution in [0.25, 0.3) is 0 Å². The van der Waals surface area contributed by atoms with E-state index < -0.39 is 0 Å². The molecule has 146 valence electrons. The molecule has 0 aliphatic carbocycles. The molecule has 0 atom stereocenters. The van der Waals surface area contributed by atoms with Gasteiger partial charge in [-0.25, -0.2) is 4.98 Å². The van der Waals surface area contributed by atoms with E-state index in [-0.39, 0.29) is 0 Å². The van der Waals surface area contributed by atoms with Gasteiger partial charge in [0.05, 0.1) is 20.3 Å². The van der Waals surface area contributed by atoms with Crippen LogP contribution >= 0.6 is 0 Å². The van der Waals surface area contributed by atoms with E-state index in [0.717, 1.165) is 28.8 Å². The van der Waals surface area contributed by atoms with E-state index in [1.54, 1.807) is 13.3 Å². The Balaban J connectivity index is 1.47. The van der Waals surface area contributed by atoms with E-state index in [0.29, 0.717) is 25.7 Å². The molecule has 0 unspecified atom stereocenters. The maximum atomic E-state index is 5.70. The fourth-order valence-electron chi connectivity index (χ4n) is 2.47. The lowest BCUT2D eigenvalue weighted by atomic mass is 10.3. The molecule has 0 saturated heterocycles. The first-order valence-corrected chi connectivity index (χ1v) is 9.10. The number of aromatic nitrogens is 2. The lowest BCUT2D eigenvalue weighted by Gasteiger charge is -2.10. The van der Waals surface area contributed by atoms with Crippen molar-refractivity contribution in [1.82, 2.24) is 9.97 Å². The van der Waals surface area contributed by atoms with Gasteiger partial charge >= 0.3 is 0 Å². The number of benzene rings is 2. The molecule has 7 heteroatoms. The minimum Gasteiger partial charge on any atom is -0.497 e. The number of anilines is 3. The van der Waals surface area contributed by atoms with Crippen molar-refractivity contribution in [2.45, 2.75) is 6.92 Å². The molecule has 1 aromatic heterocycles. The smallest absolute Gasteiger partial charge is 0.229 e. The molecule has 0 radical (unpaired) electrons. The van der Waals surface area contributed by atoms with Gasteiger partial charge in [0.25, 0.3) is 0 Å². The van der Waals surface area contributed by atoms with Crippen LogP contribution < -0.4 is 24.8 Å². The Hall–Kier alpha value is -3.48. The van der Waals surface area contributed by atoms with E-state index in [1.165, 1.54) is 0 Å². The van der Waals surface area contributed by atoms with E-state index in [9.17, 15) is 0 Å². The number of hydrogen-bond donors (Lipinski definition) is 2. The standard InChI is InChI=1S/C21H24N4O3/c1-3-27-18-6-4-16(5-7-18)24-21-23-13-12-20(25-21)22-14-15-28-19-10-8-17(26-2)9-11-19/h4-13H,3,14-15H2,1-2H3,(H2,22,23,24,25). The van der Waals surface area contributed by atoms with Crippen molar-refractivity contribution >= 4 is 17.5 Å². The Bertz CT molecular complexity index is 854. The third kappa shape index (κ3) is 5.77. The maximum Gasteiger partial charge on any atom is 0.229 e. The van der Waals surface area contributed by atoms with Crippen molar-refractivity contribution in [1.29, 1.82) is 0 Å². The number of ether oxygens (including phenoxy) is 3. The average Bonchev–Trinajstić information content (AvgIpc) is 2.74. The second-order valence-electron chi connectivity index (χ2n) is 5.80. The van der Waals surface area contributed by atoms with Gasteiger partial charge in [-0.05, 0) is 61.5 Å². The number of rotatable bonds is 10. The SMILES string of the molecule is CCOc1ccc(Nc2nccc(NCCOc3ccc(OC)cc3)n2)cc1. The van der Waals surface area contributed by atoms with Crippen molar-refractivity contribution in [2.24, 2.45) is 0 Å². The van der Waals surface area contributed by atoms with E-state index >= 15 is 0 Å². The average molecular weight is 380 g/mol. The third-order valence-electron chi connectivity index (χ3n) is 3.81. The van der Waals surface area contributed by atoms with Crippen LogP contribution in [0.2, 0.25) is 0 Å². The van der Waals surface area contributed by atoms with Crippen molar-refractivity contribution < 1.29 is 14.2 Å². The van der Waals surface area contributed by atoms with Gasteiger partial charge in [-0.15, -0.1) is 0 Å². The molecule has 0 amide bonds. The summed E-state index contributed by atoms with van der Waals surface area (Å²) in [7, 11) is 1.64. The minimum absolute atomic E-state index is 0.512. The maximum absolute atomic E-state index is 5.70. The molecule has 0 saturated carbocycles. The highest BCUT2D eigenvalue weighted by molar-refractivity contribution is 5.55. The van der Waals surface area contributed by atoms with Gasteiger partial charge in [0, 0.05) is 11.9 Å². The van der Waals surface area contributed by atoms with Crippen LogP contribution in [0.3, 0.4) is 0 Å². The molecule has 0 aliphatic rings. The van der Waals surface area contributed by atoms with Gasteiger partial charge in [-0.2, -0.15) is 4.98 Å². The zero-order chi connectivity index (χ0) is 19.6. The summed E-state index contributed by atoms with van der Waals surface area (Å²) in [6.45, 7) is 3.73. The van der Waals surface area contributed by atoms with Crippen LogP contribution in [0.15, 0.2) is 60.8 Å². The second-order valence-corrected chi connectivity index (χ2v) is 5.80. The van der Waals surface area contributed by atoms with Gasteiger partial charge in [0.1, 0.15) is 29.7 Å². The molecule has 0 aliphatic heterocycles. The zero-order valence-corrected chi connectivity index (χ0v) is 16.0. The van der Waals surface area contributed by atoms with E-state index in [1.807, 2.05) is 61.5 Å². The molecule has 0 spiro atoms. The molecule has 7 nitrogen and oxygen atoms in total. The lowest BCUT2D eigenvalue weighted by molar-refractivity contribution is 0.331. The van der Waals surface area contributed by atoms with Crippen molar-refractivity contribution in [3.63, 3.8) is 0 Å². The molecule has 28 heavy (non-hydrogen) atoms. The molecule has 3 aromatic rings. The predicted molar refractivity (Wildman–Crippen MR) is 110 cm³/mol. The molecule has 2 aromatic carbocycles.